The summed E-state index contributed by atoms with van der Waals surface area (Å²) in [5.74, 6) is -0.214. The quantitative estimate of drug-likeness (QED) is 0.421. The topological polar surface area (TPSA) is 32.3 Å². The Morgan fingerprint density at radius 1 is 1.09 bits per heavy atom. The van der Waals surface area contributed by atoms with E-state index in [4.69, 9.17) is 0 Å². The first-order valence-corrected chi connectivity index (χ1v) is 13.3. The first-order valence-electron chi connectivity index (χ1n) is 13.3. The van der Waals surface area contributed by atoms with E-state index in [-0.39, 0.29) is 22.2 Å². The second-order valence-corrected chi connectivity index (χ2v) is 11.5. The molecule has 0 spiro atoms. The molecule has 1 atom stereocenters. The molecule has 190 valence electrons. The summed E-state index contributed by atoms with van der Waals surface area (Å²) >= 11 is 0. The van der Waals surface area contributed by atoms with Gasteiger partial charge in [0.2, 0.25) is 0 Å². The largest absolute Gasteiger partial charge is 0.392 e. The van der Waals surface area contributed by atoms with Crippen LogP contribution >= 0.6 is 0 Å². The number of halogens is 1. The van der Waals surface area contributed by atoms with Gasteiger partial charge in [-0.2, -0.15) is 0 Å². The van der Waals surface area contributed by atoms with E-state index >= 15 is 0 Å². The molecule has 0 radical (unpaired) electrons. The summed E-state index contributed by atoms with van der Waals surface area (Å²) in [5, 5.41) is 14.6. The van der Waals surface area contributed by atoms with Crippen molar-refractivity contribution in [3.8, 4) is 0 Å². The molecule has 0 aliphatic heterocycles. The summed E-state index contributed by atoms with van der Waals surface area (Å²) in [4.78, 5) is 0. The fourth-order valence-corrected chi connectivity index (χ4v) is 4.99. The van der Waals surface area contributed by atoms with Gasteiger partial charge in [-0.1, -0.05) is 104 Å². The van der Waals surface area contributed by atoms with Gasteiger partial charge in [0.15, 0.2) is 0 Å². The van der Waals surface area contributed by atoms with Crippen molar-refractivity contribution in [3.05, 3.63) is 71.1 Å². The molecular formula is C31H48FNO. The molecule has 2 N–H and O–H groups in total. The third-order valence-electron chi connectivity index (χ3n) is 6.98. The molecule has 3 rings (SSSR count). The van der Waals surface area contributed by atoms with E-state index in [0.717, 1.165) is 18.4 Å². The van der Waals surface area contributed by atoms with Crippen LogP contribution in [0.1, 0.15) is 105 Å². The van der Waals surface area contributed by atoms with Crippen molar-refractivity contribution in [1.29, 1.82) is 0 Å². The van der Waals surface area contributed by atoms with Crippen LogP contribution in [0.5, 0.6) is 0 Å². The lowest BCUT2D eigenvalue weighted by molar-refractivity contribution is 0.132. The Morgan fingerprint density at radius 2 is 1.76 bits per heavy atom. The summed E-state index contributed by atoms with van der Waals surface area (Å²) in [5.41, 5.74) is 3.53. The van der Waals surface area contributed by atoms with Crippen molar-refractivity contribution in [2.24, 2.45) is 5.41 Å². The monoisotopic (exact) mass is 469 g/mol. The predicted octanol–water partition coefficient (Wildman–Crippen LogP) is 8.28. The number of aliphatic hydroxyl groups excluding tert-OH is 1. The van der Waals surface area contributed by atoms with Crippen molar-refractivity contribution in [3.63, 3.8) is 0 Å². The minimum atomic E-state index is -0.462. The second kappa shape index (κ2) is 12.3. The van der Waals surface area contributed by atoms with Crippen molar-refractivity contribution >= 4 is 0 Å². The van der Waals surface area contributed by atoms with E-state index in [2.05, 4.69) is 70.3 Å². The summed E-state index contributed by atoms with van der Waals surface area (Å²) < 4.78 is 14.0. The van der Waals surface area contributed by atoms with E-state index in [0.29, 0.717) is 19.4 Å². The van der Waals surface area contributed by atoms with Crippen LogP contribution in [0.4, 0.5) is 4.39 Å². The Labute approximate surface area is 208 Å². The fraction of sp³-hybridized carbons (Fsp3) is 0.613. The number of allylic oxidation sites excluding steroid dienone is 6. The van der Waals surface area contributed by atoms with E-state index in [9.17, 15) is 9.50 Å². The zero-order valence-electron chi connectivity index (χ0n) is 22.7. The maximum absolute atomic E-state index is 14.0. The van der Waals surface area contributed by atoms with Crippen LogP contribution in [0.25, 0.3) is 0 Å². The molecule has 0 amide bonds. The van der Waals surface area contributed by atoms with Gasteiger partial charge in [0, 0.05) is 17.5 Å². The third-order valence-corrected chi connectivity index (χ3v) is 6.98. The second-order valence-electron chi connectivity index (χ2n) is 11.5. The normalized spacial score (nSPS) is 20.4. The average Bonchev–Trinajstić information content (AvgIpc) is 2.94. The van der Waals surface area contributed by atoms with Crippen LogP contribution in [-0.4, -0.2) is 17.8 Å². The Hall–Kier alpha value is -1.71. The summed E-state index contributed by atoms with van der Waals surface area (Å²) in [6.07, 6.45) is 13.9. The first-order chi connectivity index (χ1) is 16.0. The molecule has 2 aliphatic carbocycles. The van der Waals surface area contributed by atoms with Gasteiger partial charge in [0.1, 0.15) is 5.83 Å². The van der Waals surface area contributed by atoms with Crippen LogP contribution in [0.3, 0.4) is 0 Å². The molecule has 0 aromatic heterocycles. The van der Waals surface area contributed by atoms with Gasteiger partial charge >= 0.3 is 0 Å². The smallest absolute Gasteiger partial charge is 0.123 e. The molecule has 3 heteroatoms. The van der Waals surface area contributed by atoms with E-state index in [1.165, 1.54) is 30.4 Å². The summed E-state index contributed by atoms with van der Waals surface area (Å²) in [6.45, 7) is 15.5. The van der Waals surface area contributed by atoms with Crippen LogP contribution in [0.2, 0.25) is 0 Å². The zero-order valence-corrected chi connectivity index (χ0v) is 22.7. The highest BCUT2D eigenvalue weighted by atomic mass is 19.1. The number of aliphatic hydroxyl groups is 1. The van der Waals surface area contributed by atoms with Gasteiger partial charge in [0.25, 0.3) is 0 Å². The molecular weight excluding hydrogens is 421 g/mol. The van der Waals surface area contributed by atoms with Gasteiger partial charge in [-0.3, -0.25) is 0 Å². The lowest BCUT2D eigenvalue weighted by Crippen LogP contribution is -2.47. The molecule has 1 saturated carbocycles. The van der Waals surface area contributed by atoms with Crippen molar-refractivity contribution in [1.82, 2.24) is 5.32 Å². The minimum absolute atomic E-state index is 0.0694. The highest BCUT2D eigenvalue weighted by Crippen LogP contribution is 2.39. The maximum Gasteiger partial charge on any atom is 0.123 e. The standard InChI is InChI=1S/C29H42FNO.C2H6/c1-27(2,3)23-10-9-11-24(19-23)29(15-7-6-8-16-29)31-21-26(32)13-12-22-18-25(30)14-17-28(4,5)20-22;1-2/h9-11,14,17-20,26,31-32H,6-8,12-13,15-16,21H2,1-5H3;1-2H3. The van der Waals surface area contributed by atoms with Crippen LogP contribution in [0.15, 0.2) is 60.0 Å². The SMILES string of the molecule is CC.CC1(C)C=CC(F)=CC(CCC(O)CNC2(c3cccc(C(C)(C)C)c3)CCCCC2)=C1. The number of hydrogen-bond donors (Lipinski definition) is 2. The van der Waals surface area contributed by atoms with E-state index in [1.54, 1.807) is 12.2 Å². The predicted molar refractivity (Wildman–Crippen MR) is 145 cm³/mol. The fourth-order valence-electron chi connectivity index (χ4n) is 4.99. The Bertz CT molecular complexity index is 866. The highest BCUT2D eigenvalue weighted by Gasteiger charge is 2.34. The molecule has 1 fully saturated rings. The summed E-state index contributed by atoms with van der Waals surface area (Å²) in [6, 6.07) is 9.01. The lowest BCUT2D eigenvalue weighted by Gasteiger charge is -2.40. The first kappa shape index (κ1) is 28.5. The Kier molecular flexibility index (Phi) is 10.3. The Morgan fingerprint density at radius 3 is 2.41 bits per heavy atom. The maximum atomic E-state index is 14.0. The van der Waals surface area contributed by atoms with Crippen molar-refractivity contribution in [2.45, 2.75) is 110 Å². The lowest BCUT2D eigenvalue weighted by atomic mass is 9.74. The van der Waals surface area contributed by atoms with Gasteiger partial charge in [-0.25, -0.2) is 4.39 Å². The van der Waals surface area contributed by atoms with Crippen LogP contribution < -0.4 is 5.32 Å². The molecule has 2 aliphatic rings. The molecule has 2 nitrogen and oxygen atoms in total. The van der Waals surface area contributed by atoms with Crippen molar-refractivity contribution in [2.75, 3.05) is 6.54 Å². The molecule has 1 aromatic rings. The van der Waals surface area contributed by atoms with Crippen LogP contribution in [0, 0.1) is 5.41 Å². The molecule has 0 heterocycles. The molecule has 0 saturated heterocycles. The van der Waals surface area contributed by atoms with Gasteiger partial charge in [-0.15, -0.1) is 0 Å². The van der Waals surface area contributed by atoms with Gasteiger partial charge < -0.3 is 10.4 Å². The van der Waals surface area contributed by atoms with Gasteiger partial charge in [0.05, 0.1) is 6.10 Å². The number of benzene rings is 1. The molecule has 0 bridgehead atoms. The number of rotatable bonds is 7. The van der Waals surface area contributed by atoms with Crippen molar-refractivity contribution < 1.29 is 9.50 Å². The highest BCUT2D eigenvalue weighted by molar-refractivity contribution is 5.35. The molecule has 1 unspecified atom stereocenters. The minimum Gasteiger partial charge on any atom is -0.392 e. The molecule has 1 aromatic carbocycles. The van der Waals surface area contributed by atoms with Gasteiger partial charge in [-0.05, 0) is 60.0 Å². The number of hydrogen-bond acceptors (Lipinski definition) is 2. The average molecular weight is 470 g/mol. The third kappa shape index (κ3) is 8.20. The van der Waals surface area contributed by atoms with E-state index in [1.807, 2.05) is 19.9 Å². The summed E-state index contributed by atoms with van der Waals surface area (Å²) in [7, 11) is 0. The molecule has 34 heavy (non-hydrogen) atoms. The number of nitrogens with one attached hydrogen (secondary N) is 1. The van der Waals surface area contributed by atoms with Crippen LogP contribution in [-0.2, 0) is 11.0 Å². The van der Waals surface area contributed by atoms with E-state index < -0.39 is 6.10 Å². The zero-order chi connectivity index (χ0) is 25.4. The Balaban J connectivity index is 0.00000199.